The van der Waals surface area contributed by atoms with Crippen LogP contribution in [-0.4, -0.2) is 17.5 Å². The van der Waals surface area contributed by atoms with E-state index in [-0.39, 0.29) is 5.91 Å². The van der Waals surface area contributed by atoms with Gasteiger partial charge in [0.25, 0.3) is 0 Å². The molecule has 0 bridgehead atoms. The molecular formula is C13H17N3O2. The average molecular weight is 247 g/mol. The van der Waals surface area contributed by atoms with E-state index in [4.69, 9.17) is 10.00 Å². The van der Waals surface area contributed by atoms with Gasteiger partial charge in [0.2, 0.25) is 11.8 Å². The molecule has 0 radical (unpaired) electrons. The topological polar surface area (TPSA) is 75.0 Å². The van der Waals surface area contributed by atoms with Crippen molar-refractivity contribution >= 4 is 11.6 Å². The quantitative estimate of drug-likeness (QED) is 0.866. The molecule has 1 unspecified atom stereocenters. The Morgan fingerprint density at radius 1 is 1.56 bits per heavy atom. The first-order chi connectivity index (χ1) is 8.55. The van der Waals surface area contributed by atoms with Crippen molar-refractivity contribution in [1.29, 1.82) is 5.26 Å². The van der Waals surface area contributed by atoms with Crippen molar-refractivity contribution in [3.05, 3.63) is 18.3 Å². The Morgan fingerprint density at radius 2 is 2.28 bits per heavy atom. The van der Waals surface area contributed by atoms with Crippen molar-refractivity contribution in [2.24, 2.45) is 5.41 Å². The molecule has 1 amide bonds. The number of aromatic nitrogens is 1. The molecule has 0 aliphatic heterocycles. The van der Waals surface area contributed by atoms with Gasteiger partial charge in [0.15, 0.2) is 0 Å². The number of nitrogens with zero attached hydrogens (tertiary/aromatic N) is 2. The normalized spacial score (nSPS) is 13.2. The minimum absolute atomic E-state index is 0.321. The largest absolute Gasteiger partial charge is 0.478 e. The highest BCUT2D eigenvalue weighted by Gasteiger charge is 2.31. The fraction of sp³-hybridized carbons (Fsp3) is 0.462. The Morgan fingerprint density at radius 3 is 2.72 bits per heavy atom. The standard InChI is InChI=1S/C13H17N3O2/c1-4-13(3,9-14)12(17)16-10-6-7-11(15-8-10)18-5-2/h6-8H,4-5H2,1-3H3,(H,16,17). The van der Waals surface area contributed by atoms with E-state index in [1.165, 1.54) is 6.20 Å². The van der Waals surface area contributed by atoms with Crippen LogP contribution < -0.4 is 10.1 Å². The lowest BCUT2D eigenvalue weighted by molar-refractivity contribution is -0.122. The molecule has 1 N–H and O–H groups in total. The molecule has 0 aliphatic rings. The maximum atomic E-state index is 11.9. The summed E-state index contributed by atoms with van der Waals surface area (Å²) >= 11 is 0. The van der Waals surface area contributed by atoms with Crippen LogP contribution in [0.5, 0.6) is 5.88 Å². The van der Waals surface area contributed by atoms with Gasteiger partial charge < -0.3 is 10.1 Å². The van der Waals surface area contributed by atoms with E-state index in [1.54, 1.807) is 26.0 Å². The summed E-state index contributed by atoms with van der Waals surface area (Å²) in [5, 5.41) is 11.7. The average Bonchev–Trinajstić information content (AvgIpc) is 2.40. The third-order valence-electron chi connectivity index (χ3n) is 2.74. The van der Waals surface area contributed by atoms with Crippen molar-refractivity contribution in [3.8, 4) is 11.9 Å². The molecule has 0 aliphatic carbocycles. The summed E-state index contributed by atoms with van der Waals surface area (Å²) in [5.74, 6) is 0.187. The Balaban J connectivity index is 2.74. The molecular weight excluding hydrogens is 230 g/mol. The molecule has 1 heterocycles. The summed E-state index contributed by atoms with van der Waals surface area (Å²) in [6, 6.07) is 5.40. The summed E-state index contributed by atoms with van der Waals surface area (Å²) in [6.45, 7) is 5.83. The van der Waals surface area contributed by atoms with Gasteiger partial charge in [-0.3, -0.25) is 4.79 Å². The van der Waals surface area contributed by atoms with Crippen LogP contribution in [0.3, 0.4) is 0 Å². The van der Waals surface area contributed by atoms with Crippen LogP contribution in [0.25, 0.3) is 0 Å². The fourth-order valence-electron chi connectivity index (χ4n) is 1.25. The molecule has 0 aromatic carbocycles. The summed E-state index contributed by atoms with van der Waals surface area (Å²) < 4.78 is 5.20. The molecule has 1 aromatic heterocycles. The van der Waals surface area contributed by atoms with Crippen LogP contribution in [0.1, 0.15) is 27.2 Å². The lowest BCUT2D eigenvalue weighted by Crippen LogP contribution is -2.31. The molecule has 0 fully saturated rings. The first-order valence-electron chi connectivity index (χ1n) is 5.87. The van der Waals surface area contributed by atoms with E-state index in [0.29, 0.717) is 24.6 Å². The number of carbonyl (C=O) groups excluding carboxylic acids is 1. The Bertz CT molecular complexity index is 450. The minimum atomic E-state index is -1.02. The smallest absolute Gasteiger partial charge is 0.244 e. The van der Waals surface area contributed by atoms with Gasteiger partial charge in [-0.1, -0.05) is 6.92 Å². The van der Waals surface area contributed by atoms with Crippen LogP contribution >= 0.6 is 0 Å². The van der Waals surface area contributed by atoms with E-state index >= 15 is 0 Å². The number of hydrogen-bond acceptors (Lipinski definition) is 4. The molecule has 18 heavy (non-hydrogen) atoms. The van der Waals surface area contributed by atoms with Gasteiger partial charge in [-0.15, -0.1) is 0 Å². The van der Waals surface area contributed by atoms with Gasteiger partial charge in [0.1, 0.15) is 5.41 Å². The predicted octanol–water partition coefficient (Wildman–Crippen LogP) is 2.36. The third kappa shape index (κ3) is 3.20. The molecule has 1 aromatic rings. The zero-order chi connectivity index (χ0) is 13.6. The number of rotatable bonds is 5. The van der Waals surface area contributed by atoms with Crippen LogP contribution in [0.15, 0.2) is 18.3 Å². The molecule has 0 spiro atoms. The highest BCUT2D eigenvalue weighted by atomic mass is 16.5. The van der Waals surface area contributed by atoms with E-state index in [2.05, 4.69) is 10.3 Å². The Hall–Kier alpha value is -2.09. The van der Waals surface area contributed by atoms with Gasteiger partial charge in [-0.05, 0) is 26.3 Å². The minimum Gasteiger partial charge on any atom is -0.478 e. The zero-order valence-corrected chi connectivity index (χ0v) is 10.9. The lowest BCUT2D eigenvalue weighted by Gasteiger charge is -2.18. The maximum absolute atomic E-state index is 11.9. The van der Waals surface area contributed by atoms with Gasteiger partial charge in [-0.2, -0.15) is 5.26 Å². The summed E-state index contributed by atoms with van der Waals surface area (Å²) in [4.78, 5) is 15.9. The second-order valence-electron chi connectivity index (χ2n) is 4.07. The highest BCUT2D eigenvalue weighted by Crippen LogP contribution is 2.22. The van der Waals surface area contributed by atoms with Crippen molar-refractivity contribution in [2.45, 2.75) is 27.2 Å². The molecule has 5 heteroatoms. The first kappa shape index (κ1) is 14.0. The monoisotopic (exact) mass is 247 g/mol. The molecule has 0 saturated carbocycles. The van der Waals surface area contributed by atoms with Gasteiger partial charge >= 0.3 is 0 Å². The molecule has 1 rings (SSSR count). The second kappa shape index (κ2) is 6.01. The van der Waals surface area contributed by atoms with E-state index in [9.17, 15) is 4.79 Å². The molecule has 96 valence electrons. The van der Waals surface area contributed by atoms with E-state index < -0.39 is 5.41 Å². The number of pyridine rings is 1. The predicted molar refractivity (Wildman–Crippen MR) is 68.0 cm³/mol. The molecule has 0 saturated heterocycles. The number of amides is 1. The molecule has 5 nitrogen and oxygen atoms in total. The zero-order valence-electron chi connectivity index (χ0n) is 10.9. The van der Waals surface area contributed by atoms with Crippen LogP contribution in [0.4, 0.5) is 5.69 Å². The first-order valence-corrected chi connectivity index (χ1v) is 5.87. The number of ether oxygens (including phenoxy) is 1. The van der Waals surface area contributed by atoms with Crippen LogP contribution in [0, 0.1) is 16.7 Å². The molecule has 1 atom stereocenters. The summed E-state index contributed by atoms with van der Waals surface area (Å²) in [6.07, 6.45) is 1.97. The second-order valence-corrected chi connectivity index (χ2v) is 4.07. The number of nitriles is 1. The van der Waals surface area contributed by atoms with Gasteiger partial charge in [0, 0.05) is 6.07 Å². The van der Waals surface area contributed by atoms with Crippen LogP contribution in [0.2, 0.25) is 0 Å². The number of hydrogen-bond donors (Lipinski definition) is 1. The summed E-state index contributed by atoms with van der Waals surface area (Å²) in [5.41, 5.74) is -0.461. The van der Waals surface area contributed by atoms with E-state index in [1.807, 2.05) is 13.0 Å². The Kier molecular flexibility index (Phi) is 4.67. The van der Waals surface area contributed by atoms with Crippen molar-refractivity contribution < 1.29 is 9.53 Å². The number of anilines is 1. The van der Waals surface area contributed by atoms with E-state index in [0.717, 1.165) is 0 Å². The summed E-state index contributed by atoms with van der Waals surface area (Å²) in [7, 11) is 0. The van der Waals surface area contributed by atoms with Crippen LogP contribution in [-0.2, 0) is 4.79 Å². The number of carbonyl (C=O) groups is 1. The highest BCUT2D eigenvalue weighted by molar-refractivity contribution is 5.96. The van der Waals surface area contributed by atoms with Crippen molar-refractivity contribution in [2.75, 3.05) is 11.9 Å². The maximum Gasteiger partial charge on any atom is 0.244 e. The fourth-order valence-corrected chi connectivity index (χ4v) is 1.25. The lowest BCUT2D eigenvalue weighted by atomic mass is 9.88. The van der Waals surface area contributed by atoms with Crippen molar-refractivity contribution in [3.63, 3.8) is 0 Å². The van der Waals surface area contributed by atoms with Gasteiger partial charge in [-0.25, -0.2) is 4.98 Å². The SMILES string of the molecule is CCOc1ccc(NC(=O)C(C)(C#N)CC)cn1. The van der Waals surface area contributed by atoms with Gasteiger partial charge in [0.05, 0.1) is 24.6 Å². The Labute approximate surface area is 107 Å². The third-order valence-corrected chi connectivity index (χ3v) is 2.74. The van der Waals surface area contributed by atoms with Crippen molar-refractivity contribution in [1.82, 2.24) is 4.98 Å². The number of nitrogens with one attached hydrogen (secondary N) is 1.